The minimum atomic E-state index is 0.584. The Morgan fingerprint density at radius 1 is 1.57 bits per heavy atom. The quantitative estimate of drug-likeness (QED) is 0.681. The van der Waals surface area contributed by atoms with Crippen LogP contribution in [0.4, 0.5) is 0 Å². The van der Waals surface area contributed by atoms with Crippen molar-refractivity contribution >= 4 is 0 Å². The van der Waals surface area contributed by atoms with Crippen LogP contribution in [0.5, 0.6) is 0 Å². The third kappa shape index (κ3) is 5.07. The van der Waals surface area contributed by atoms with Crippen LogP contribution in [-0.2, 0) is 4.74 Å². The fourth-order valence-corrected chi connectivity index (χ4v) is 1.40. The lowest BCUT2D eigenvalue weighted by Crippen LogP contribution is -2.23. The van der Waals surface area contributed by atoms with E-state index in [0.29, 0.717) is 6.04 Å². The van der Waals surface area contributed by atoms with E-state index in [0.717, 1.165) is 32.4 Å². The first-order valence-corrected chi connectivity index (χ1v) is 5.49. The van der Waals surface area contributed by atoms with Gasteiger partial charge in [-0.1, -0.05) is 26.0 Å². The highest BCUT2D eigenvalue weighted by atomic mass is 16.5. The van der Waals surface area contributed by atoms with Gasteiger partial charge >= 0.3 is 0 Å². The third-order valence-electron chi connectivity index (χ3n) is 2.16. The average molecular weight is 195 g/mol. The molecule has 0 saturated carbocycles. The van der Waals surface area contributed by atoms with Crippen molar-refractivity contribution in [3.05, 3.63) is 24.0 Å². The maximum absolute atomic E-state index is 5.25. The molecule has 14 heavy (non-hydrogen) atoms. The standard InChI is InChI=1S/C12H21NO/c1-11(2)13-8-4-3-6-12-7-5-9-14-10-12/h3,6,10-11,13H,4-5,7-9H2,1-2H3/b6-3+. The van der Waals surface area contributed by atoms with Gasteiger partial charge in [-0.3, -0.25) is 0 Å². The lowest BCUT2D eigenvalue weighted by molar-refractivity contribution is 0.227. The number of allylic oxidation sites excluding steroid dienone is 2. The molecule has 0 unspecified atom stereocenters. The molecule has 0 atom stereocenters. The molecule has 1 rings (SSSR count). The molecule has 1 aliphatic heterocycles. The largest absolute Gasteiger partial charge is 0.501 e. The van der Waals surface area contributed by atoms with E-state index in [-0.39, 0.29) is 0 Å². The monoisotopic (exact) mass is 195 g/mol. The van der Waals surface area contributed by atoms with Gasteiger partial charge in [-0.2, -0.15) is 0 Å². The Balaban J connectivity index is 2.10. The maximum Gasteiger partial charge on any atom is 0.0876 e. The Morgan fingerprint density at radius 3 is 3.07 bits per heavy atom. The van der Waals surface area contributed by atoms with Crippen LogP contribution in [0.2, 0.25) is 0 Å². The summed E-state index contributed by atoms with van der Waals surface area (Å²) in [6, 6.07) is 0.584. The Hall–Kier alpha value is -0.760. The van der Waals surface area contributed by atoms with Crippen LogP contribution in [0.3, 0.4) is 0 Å². The second-order valence-electron chi connectivity index (χ2n) is 3.97. The highest BCUT2D eigenvalue weighted by Gasteiger charge is 1.99. The SMILES string of the molecule is CC(C)NCC/C=C/C1=COCCC1. The predicted octanol–water partition coefficient (Wildman–Crippen LogP) is 2.63. The first-order chi connectivity index (χ1) is 6.79. The summed E-state index contributed by atoms with van der Waals surface area (Å²) in [5, 5.41) is 3.38. The van der Waals surface area contributed by atoms with Crippen molar-refractivity contribution in [3.63, 3.8) is 0 Å². The second-order valence-corrected chi connectivity index (χ2v) is 3.97. The Labute approximate surface area is 87.0 Å². The zero-order chi connectivity index (χ0) is 10.2. The van der Waals surface area contributed by atoms with Crippen molar-refractivity contribution in [1.82, 2.24) is 5.32 Å². The van der Waals surface area contributed by atoms with Crippen molar-refractivity contribution < 1.29 is 4.74 Å². The minimum Gasteiger partial charge on any atom is -0.501 e. The summed E-state index contributed by atoms with van der Waals surface area (Å²) in [6.45, 7) is 6.27. The van der Waals surface area contributed by atoms with Gasteiger partial charge < -0.3 is 10.1 Å². The molecule has 0 aromatic rings. The van der Waals surface area contributed by atoms with Crippen LogP contribution in [0.25, 0.3) is 0 Å². The van der Waals surface area contributed by atoms with Crippen molar-refractivity contribution in [2.24, 2.45) is 0 Å². The minimum absolute atomic E-state index is 0.584. The van der Waals surface area contributed by atoms with Crippen LogP contribution in [0.1, 0.15) is 33.1 Å². The smallest absolute Gasteiger partial charge is 0.0876 e. The molecule has 0 aromatic heterocycles. The van der Waals surface area contributed by atoms with E-state index >= 15 is 0 Å². The molecular weight excluding hydrogens is 174 g/mol. The van der Waals surface area contributed by atoms with E-state index in [1.807, 2.05) is 6.26 Å². The number of nitrogens with one attached hydrogen (secondary N) is 1. The Morgan fingerprint density at radius 2 is 2.43 bits per heavy atom. The zero-order valence-electron chi connectivity index (χ0n) is 9.25. The molecule has 0 fully saturated rings. The molecule has 0 amide bonds. The van der Waals surface area contributed by atoms with Gasteiger partial charge in [-0.05, 0) is 31.4 Å². The summed E-state index contributed by atoms with van der Waals surface area (Å²) < 4.78 is 5.25. The fourth-order valence-electron chi connectivity index (χ4n) is 1.40. The molecule has 0 aliphatic carbocycles. The van der Waals surface area contributed by atoms with Crippen molar-refractivity contribution in [3.8, 4) is 0 Å². The molecule has 1 aliphatic rings. The average Bonchev–Trinajstić information content (AvgIpc) is 2.18. The second kappa shape index (κ2) is 6.66. The first-order valence-electron chi connectivity index (χ1n) is 5.49. The van der Waals surface area contributed by atoms with Gasteiger partial charge in [-0.15, -0.1) is 0 Å². The van der Waals surface area contributed by atoms with Gasteiger partial charge in [0.2, 0.25) is 0 Å². The van der Waals surface area contributed by atoms with E-state index in [4.69, 9.17) is 4.74 Å². The van der Waals surface area contributed by atoms with Crippen LogP contribution in [0.15, 0.2) is 24.0 Å². The Bertz CT molecular complexity index is 206. The van der Waals surface area contributed by atoms with E-state index in [1.54, 1.807) is 0 Å². The number of rotatable bonds is 5. The lowest BCUT2D eigenvalue weighted by Gasteiger charge is -2.10. The van der Waals surface area contributed by atoms with Crippen LogP contribution >= 0.6 is 0 Å². The highest BCUT2D eigenvalue weighted by Crippen LogP contribution is 2.12. The first kappa shape index (κ1) is 11.3. The number of hydrogen-bond donors (Lipinski definition) is 1. The van der Waals surface area contributed by atoms with Gasteiger partial charge in [0, 0.05) is 6.04 Å². The topological polar surface area (TPSA) is 21.3 Å². The summed E-state index contributed by atoms with van der Waals surface area (Å²) in [5.74, 6) is 0. The van der Waals surface area contributed by atoms with E-state index < -0.39 is 0 Å². The summed E-state index contributed by atoms with van der Waals surface area (Å²) in [7, 11) is 0. The summed E-state index contributed by atoms with van der Waals surface area (Å²) in [4.78, 5) is 0. The lowest BCUT2D eigenvalue weighted by atomic mass is 10.1. The van der Waals surface area contributed by atoms with Crippen LogP contribution in [0, 0.1) is 0 Å². The van der Waals surface area contributed by atoms with Crippen molar-refractivity contribution in [2.45, 2.75) is 39.2 Å². The van der Waals surface area contributed by atoms with Crippen molar-refractivity contribution in [2.75, 3.05) is 13.2 Å². The van der Waals surface area contributed by atoms with Gasteiger partial charge in [0.1, 0.15) is 0 Å². The molecule has 2 heteroatoms. The molecule has 0 bridgehead atoms. The molecule has 0 saturated heterocycles. The fraction of sp³-hybridized carbons (Fsp3) is 0.667. The molecular formula is C12H21NO. The number of hydrogen-bond acceptors (Lipinski definition) is 2. The van der Waals surface area contributed by atoms with Gasteiger partial charge in [0.15, 0.2) is 0 Å². The van der Waals surface area contributed by atoms with Gasteiger partial charge in [0.25, 0.3) is 0 Å². The summed E-state index contributed by atoms with van der Waals surface area (Å²) in [6.07, 6.45) is 9.69. The van der Waals surface area contributed by atoms with Crippen LogP contribution < -0.4 is 5.32 Å². The van der Waals surface area contributed by atoms with Gasteiger partial charge in [0.05, 0.1) is 12.9 Å². The number of ether oxygens (including phenoxy) is 1. The van der Waals surface area contributed by atoms with E-state index in [9.17, 15) is 0 Å². The molecule has 0 spiro atoms. The zero-order valence-corrected chi connectivity index (χ0v) is 9.25. The molecule has 0 aromatic carbocycles. The molecule has 2 nitrogen and oxygen atoms in total. The predicted molar refractivity (Wildman–Crippen MR) is 60.2 cm³/mol. The summed E-state index contributed by atoms with van der Waals surface area (Å²) >= 11 is 0. The normalized spacial score (nSPS) is 17.2. The van der Waals surface area contributed by atoms with Crippen molar-refractivity contribution in [1.29, 1.82) is 0 Å². The molecule has 80 valence electrons. The molecule has 1 N–H and O–H groups in total. The third-order valence-corrected chi connectivity index (χ3v) is 2.16. The highest BCUT2D eigenvalue weighted by molar-refractivity contribution is 5.17. The summed E-state index contributed by atoms with van der Waals surface area (Å²) in [5.41, 5.74) is 1.32. The van der Waals surface area contributed by atoms with E-state index in [2.05, 4.69) is 31.3 Å². The maximum atomic E-state index is 5.25. The van der Waals surface area contributed by atoms with Gasteiger partial charge in [-0.25, -0.2) is 0 Å². The molecule has 0 radical (unpaired) electrons. The molecule has 1 heterocycles. The Kier molecular flexibility index (Phi) is 5.38. The van der Waals surface area contributed by atoms with Crippen LogP contribution in [-0.4, -0.2) is 19.2 Å². The van der Waals surface area contributed by atoms with E-state index in [1.165, 1.54) is 5.57 Å².